The zero-order valence-electron chi connectivity index (χ0n) is 9.75. The number of imidazole rings is 1. The SMILES string of the molecule is Nc1ncnc2c1ncn2COC/C=C/P(=O)(O)O. The summed E-state index contributed by atoms with van der Waals surface area (Å²) >= 11 is 0. The van der Waals surface area contributed by atoms with Gasteiger partial charge in [-0.15, -0.1) is 0 Å². The smallest absolute Gasteiger partial charge is 0.348 e. The molecule has 9 nitrogen and oxygen atoms in total. The second kappa shape index (κ2) is 5.45. The van der Waals surface area contributed by atoms with E-state index in [9.17, 15) is 4.57 Å². The summed E-state index contributed by atoms with van der Waals surface area (Å²) in [6.45, 7) is 0.198. The Kier molecular flexibility index (Phi) is 3.91. The lowest BCUT2D eigenvalue weighted by molar-refractivity contribution is 0.103. The first kappa shape index (κ1) is 13.6. The largest absolute Gasteiger partial charge is 0.382 e. The molecule has 0 saturated carbocycles. The van der Waals surface area contributed by atoms with E-state index in [-0.39, 0.29) is 19.2 Å². The first-order valence-electron chi connectivity index (χ1n) is 5.19. The van der Waals surface area contributed by atoms with Crippen LogP contribution < -0.4 is 5.73 Å². The van der Waals surface area contributed by atoms with Gasteiger partial charge in [0.1, 0.15) is 18.6 Å². The highest BCUT2D eigenvalue weighted by Crippen LogP contribution is 2.35. The summed E-state index contributed by atoms with van der Waals surface area (Å²) in [5.74, 6) is 1.07. The van der Waals surface area contributed by atoms with Crippen molar-refractivity contribution >= 4 is 24.6 Å². The summed E-state index contributed by atoms with van der Waals surface area (Å²) in [6.07, 6.45) is 4.08. The van der Waals surface area contributed by atoms with Crippen LogP contribution in [0.1, 0.15) is 0 Å². The molecule has 0 aliphatic carbocycles. The Bertz CT molecular complexity index is 649. The normalized spacial score (nSPS) is 12.5. The molecular formula is C9H12N5O4P. The number of hydrogen-bond donors (Lipinski definition) is 3. The van der Waals surface area contributed by atoms with E-state index in [1.807, 2.05) is 0 Å². The van der Waals surface area contributed by atoms with Crippen LogP contribution in [0.5, 0.6) is 0 Å². The molecule has 0 bridgehead atoms. The maximum Gasteiger partial charge on any atom is 0.348 e. The number of aromatic nitrogens is 4. The summed E-state index contributed by atoms with van der Waals surface area (Å²) in [5, 5.41) is 0. The minimum atomic E-state index is -4.13. The summed E-state index contributed by atoms with van der Waals surface area (Å²) < 4.78 is 17.4. The van der Waals surface area contributed by atoms with Crippen molar-refractivity contribution in [3.63, 3.8) is 0 Å². The molecule has 0 aliphatic rings. The fraction of sp³-hybridized carbons (Fsp3) is 0.222. The number of ether oxygens (including phenoxy) is 1. The van der Waals surface area contributed by atoms with Crippen LogP contribution in [0.15, 0.2) is 24.5 Å². The summed E-state index contributed by atoms with van der Waals surface area (Å²) in [5.41, 5.74) is 6.65. The van der Waals surface area contributed by atoms with E-state index in [0.29, 0.717) is 11.2 Å². The van der Waals surface area contributed by atoms with E-state index in [2.05, 4.69) is 15.0 Å². The number of nitrogen functional groups attached to an aromatic ring is 1. The number of hydrogen-bond acceptors (Lipinski definition) is 6. The Labute approximate surface area is 107 Å². The van der Waals surface area contributed by atoms with Crippen LogP contribution in [0.25, 0.3) is 11.2 Å². The van der Waals surface area contributed by atoms with Crippen LogP contribution in [-0.2, 0) is 16.0 Å². The molecule has 0 saturated heterocycles. The third kappa shape index (κ3) is 3.58. The molecule has 0 atom stereocenters. The Balaban J connectivity index is 1.98. The molecule has 0 aromatic carbocycles. The van der Waals surface area contributed by atoms with Crippen molar-refractivity contribution in [2.24, 2.45) is 0 Å². The third-order valence-electron chi connectivity index (χ3n) is 2.17. The molecule has 2 aromatic heterocycles. The molecular weight excluding hydrogens is 273 g/mol. The van der Waals surface area contributed by atoms with E-state index in [4.69, 9.17) is 20.3 Å². The zero-order chi connectivity index (χ0) is 13.9. The molecule has 102 valence electrons. The van der Waals surface area contributed by atoms with Gasteiger partial charge in [0.2, 0.25) is 0 Å². The van der Waals surface area contributed by atoms with Gasteiger partial charge in [-0.05, 0) is 0 Å². The Hall–Kier alpha value is -1.80. The molecule has 10 heteroatoms. The van der Waals surface area contributed by atoms with Crippen molar-refractivity contribution in [2.45, 2.75) is 6.73 Å². The van der Waals surface area contributed by atoms with E-state index in [0.717, 1.165) is 5.82 Å². The summed E-state index contributed by atoms with van der Waals surface area (Å²) in [4.78, 5) is 29.1. The average molecular weight is 285 g/mol. The van der Waals surface area contributed by atoms with Gasteiger partial charge < -0.3 is 20.3 Å². The van der Waals surface area contributed by atoms with E-state index in [1.54, 1.807) is 4.57 Å². The minimum Gasteiger partial charge on any atom is -0.382 e. The lowest BCUT2D eigenvalue weighted by Gasteiger charge is -2.03. The van der Waals surface area contributed by atoms with E-state index >= 15 is 0 Å². The topological polar surface area (TPSA) is 136 Å². The van der Waals surface area contributed by atoms with Gasteiger partial charge >= 0.3 is 7.60 Å². The number of nitrogens with two attached hydrogens (primary N) is 1. The van der Waals surface area contributed by atoms with Crippen LogP contribution in [0.4, 0.5) is 5.82 Å². The van der Waals surface area contributed by atoms with Gasteiger partial charge in [-0.1, -0.05) is 6.08 Å². The number of nitrogens with zero attached hydrogens (tertiary/aromatic N) is 4. The van der Waals surface area contributed by atoms with Crippen LogP contribution >= 0.6 is 7.60 Å². The highest BCUT2D eigenvalue weighted by atomic mass is 31.2. The molecule has 0 unspecified atom stereocenters. The Morgan fingerprint density at radius 3 is 2.95 bits per heavy atom. The maximum atomic E-state index is 10.5. The lowest BCUT2D eigenvalue weighted by atomic mass is 10.5. The van der Waals surface area contributed by atoms with Crippen LogP contribution in [0.3, 0.4) is 0 Å². The number of fused-ring (bicyclic) bond motifs is 1. The van der Waals surface area contributed by atoms with Gasteiger partial charge in [0.05, 0.1) is 12.9 Å². The summed E-state index contributed by atoms with van der Waals surface area (Å²) in [7, 11) is -4.13. The molecule has 4 N–H and O–H groups in total. The molecule has 0 amide bonds. The summed E-state index contributed by atoms with van der Waals surface area (Å²) in [6, 6.07) is 0. The van der Waals surface area contributed by atoms with Gasteiger partial charge in [0, 0.05) is 5.82 Å². The zero-order valence-corrected chi connectivity index (χ0v) is 10.6. The first-order chi connectivity index (χ1) is 8.97. The molecule has 2 rings (SSSR count). The van der Waals surface area contributed by atoms with Crippen molar-refractivity contribution in [1.82, 2.24) is 19.5 Å². The van der Waals surface area contributed by atoms with Gasteiger partial charge in [0.25, 0.3) is 0 Å². The Morgan fingerprint density at radius 1 is 1.42 bits per heavy atom. The fourth-order valence-corrected chi connectivity index (χ4v) is 1.75. The average Bonchev–Trinajstić information content (AvgIpc) is 2.72. The predicted octanol–water partition coefficient (Wildman–Crippen LogP) is 0.0740. The van der Waals surface area contributed by atoms with Gasteiger partial charge in [-0.3, -0.25) is 9.13 Å². The standard InChI is InChI=1S/C9H12N5O4P/c10-8-7-9(12-4-11-8)14(5-13-7)6-18-2-1-3-19(15,16)17/h1,3-5H,2,6H2,(H2,10,11,12)(H2,15,16,17)/b3-1+. The van der Waals surface area contributed by atoms with Crippen molar-refractivity contribution < 1.29 is 19.1 Å². The van der Waals surface area contributed by atoms with Crippen LogP contribution in [0.2, 0.25) is 0 Å². The molecule has 19 heavy (non-hydrogen) atoms. The number of anilines is 1. The fourth-order valence-electron chi connectivity index (χ4n) is 1.39. The minimum absolute atomic E-state index is 0.0609. The van der Waals surface area contributed by atoms with Crippen molar-refractivity contribution in [3.05, 3.63) is 24.5 Å². The lowest BCUT2D eigenvalue weighted by Crippen LogP contribution is -2.03. The van der Waals surface area contributed by atoms with Gasteiger partial charge in [-0.25, -0.2) is 15.0 Å². The molecule has 0 aliphatic heterocycles. The van der Waals surface area contributed by atoms with Crippen LogP contribution in [0, 0.1) is 0 Å². The van der Waals surface area contributed by atoms with E-state index in [1.165, 1.54) is 18.7 Å². The molecule has 2 aromatic rings. The molecule has 0 spiro atoms. The van der Waals surface area contributed by atoms with E-state index < -0.39 is 7.60 Å². The molecule has 0 fully saturated rings. The number of rotatable bonds is 5. The van der Waals surface area contributed by atoms with Crippen molar-refractivity contribution in [2.75, 3.05) is 12.3 Å². The second-order valence-corrected chi connectivity index (χ2v) is 5.10. The highest BCUT2D eigenvalue weighted by Gasteiger charge is 2.07. The maximum absolute atomic E-state index is 10.5. The second-order valence-electron chi connectivity index (χ2n) is 3.62. The monoisotopic (exact) mass is 285 g/mol. The predicted molar refractivity (Wildman–Crippen MR) is 66.9 cm³/mol. The quantitative estimate of drug-likeness (QED) is 0.518. The van der Waals surface area contributed by atoms with Gasteiger partial charge in [0.15, 0.2) is 11.5 Å². The highest BCUT2D eigenvalue weighted by molar-refractivity contribution is 7.55. The third-order valence-corrected chi connectivity index (χ3v) is 2.77. The first-order valence-corrected chi connectivity index (χ1v) is 6.87. The molecule has 0 radical (unpaired) electrons. The molecule has 2 heterocycles. The van der Waals surface area contributed by atoms with Crippen LogP contribution in [-0.4, -0.2) is 35.9 Å². The van der Waals surface area contributed by atoms with Gasteiger partial charge in [-0.2, -0.15) is 0 Å². The Morgan fingerprint density at radius 2 is 2.21 bits per heavy atom. The van der Waals surface area contributed by atoms with Crippen molar-refractivity contribution in [1.29, 1.82) is 0 Å². The van der Waals surface area contributed by atoms with Crippen molar-refractivity contribution in [3.8, 4) is 0 Å².